The Balaban J connectivity index is 2.81. The van der Waals surface area contributed by atoms with Gasteiger partial charge in [0.2, 0.25) is 0 Å². The molecule has 14 heavy (non-hydrogen) atoms. The summed E-state index contributed by atoms with van der Waals surface area (Å²) in [6.45, 7) is 0. The number of aromatic nitrogens is 2. The third kappa shape index (κ3) is 2.06. The van der Waals surface area contributed by atoms with Gasteiger partial charge in [0.15, 0.2) is 0 Å². The molecule has 0 atom stereocenters. The molecule has 0 aliphatic carbocycles. The molecule has 6 heteroatoms. The van der Waals surface area contributed by atoms with Crippen LogP contribution >= 0.6 is 23.2 Å². The van der Waals surface area contributed by atoms with E-state index in [1.165, 1.54) is 0 Å². The first-order valence-corrected chi connectivity index (χ1v) is 9.58. The zero-order chi connectivity index (χ0) is 10.1. The van der Waals surface area contributed by atoms with Gasteiger partial charge >= 0.3 is 104 Å². The predicted molar refractivity (Wildman–Crippen MR) is 60.7 cm³/mol. The first-order chi connectivity index (χ1) is 6.70. The van der Waals surface area contributed by atoms with Gasteiger partial charge < -0.3 is 0 Å². The van der Waals surface area contributed by atoms with Crippen molar-refractivity contribution in [2.45, 2.75) is 0 Å². The molecule has 0 aliphatic rings. The molecule has 1 heterocycles. The van der Waals surface area contributed by atoms with E-state index in [9.17, 15) is 0 Å². The number of fused-ring (bicyclic) bond motifs is 1. The van der Waals surface area contributed by atoms with Crippen LogP contribution in [0.25, 0.3) is 10.9 Å². The van der Waals surface area contributed by atoms with E-state index in [-0.39, 0.29) is 18.4 Å². The second-order valence-corrected chi connectivity index (χ2v) is 6.30. The van der Waals surface area contributed by atoms with Crippen molar-refractivity contribution in [3.05, 3.63) is 28.5 Å². The summed E-state index contributed by atoms with van der Waals surface area (Å²) in [6, 6.07) is 5.51. The molecule has 71 valence electrons. The Morgan fingerprint density at radius 2 is 2.00 bits per heavy atom. The van der Waals surface area contributed by atoms with Crippen LogP contribution in [0.3, 0.4) is 0 Å². The van der Waals surface area contributed by atoms with Crippen LogP contribution in [0.15, 0.2) is 18.2 Å². The number of nitrogens with zero attached hydrogens (tertiary/aromatic N) is 2. The van der Waals surface area contributed by atoms with E-state index in [2.05, 4.69) is 24.2 Å². The van der Waals surface area contributed by atoms with Crippen LogP contribution in [0.2, 0.25) is 10.3 Å². The molecule has 0 saturated heterocycles. The van der Waals surface area contributed by atoms with Gasteiger partial charge in [-0.15, -0.1) is 0 Å². The monoisotopic (exact) mass is 357 g/mol. The van der Waals surface area contributed by atoms with Gasteiger partial charge in [-0.25, -0.2) is 0 Å². The summed E-state index contributed by atoms with van der Waals surface area (Å²) < 4.78 is 0.940. The quantitative estimate of drug-likeness (QED) is 0.570. The van der Waals surface area contributed by atoms with Crippen molar-refractivity contribution in [3.8, 4) is 0 Å². The summed E-state index contributed by atoms with van der Waals surface area (Å²) in [7, 11) is 0. The second-order valence-electron chi connectivity index (χ2n) is 2.54. The number of hydrogen-bond acceptors (Lipinski definition) is 2. The van der Waals surface area contributed by atoms with Gasteiger partial charge in [0.1, 0.15) is 0 Å². The van der Waals surface area contributed by atoms with Crippen LogP contribution < -0.4 is 4.59 Å². The number of halogens is 2. The van der Waals surface area contributed by atoms with Gasteiger partial charge in [0.05, 0.1) is 0 Å². The van der Waals surface area contributed by atoms with Crippen LogP contribution in [-0.2, 0) is 0 Å². The van der Waals surface area contributed by atoms with E-state index in [4.69, 9.17) is 23.2 Å². The predicted octanol–water partition coefficient (Wildman–Crippen LogP) is 1.35. The third-order valence-corrected chi connectivity index (χ3v) is 4.78. The zero-order valence-electron chi connectivity index (χ0n) is 6.70. The summed E-state index contributed by atoms with van der Waals surface area (Å²) in [5.41, 5.74) is 0.835. The summed E-state index contributed by atoms with van der Waals surface area (Å²) in [5.74, 6) is 0. The molecule has 1 aromatic carbocycles. The Morgan fingerprint density at radius 1 is 1.21 bits per heavy atom. The van der Waals surface area contributed by atoms with Crippen molar-refractivity contribution in [2.75, 3.05) is 0 Å². The summed E-state index contributed by atoms with van der Waals surface area (Å²) in [4.78, 5) is 8.27. The van der Waals surface area contributed by atoms with E-state index < -0.39 is 0 Å². The molecular weight excluding hydrogens is 353 g/mol. The minimum absolute atomic E-state index is 0.162. The number of hydrogen-bond donors (Lipinski definition) is 0. The molecule has 1 aromatic heterocycles. The van der Waals surface area contributed by atoms with E-state index in [1.54, 1.807) is 6.07 Å². The van der Waals surface area contributed by atoms with Gasteiger partial charge in [-0.3, -0.25) is 0 Å². The second kappa shape index (κ2) is 4.36. The topological polar surface area (TPSA) is 25.8 Å². The summed E-state index contributed by atoms with van der Waals surface area (Å²) in [5, 5.41) is 1.95. The Bertz CT molecular complexity index is 490. The van der Waals surface area contributed by atoms with Crippen molar-refractivity contribution in [2.24, 2.45) is 0 Å². The van der Waals surface area contributed by atoms with Crippen LogP contribution in [0, 0.1) is 0 Å². The fraction of sp³-hybridized carbons (Fsp3) is 0. The summed E-state index contributed by atoms with van der Waals surface area (Å²) >= 11 is 14.8. The van der Waals surface area contributed by atoms with Crippen LogP contribution in [-0.4, -0.2) is 37.3 Å². The van der Waals surface area contributed by atoms with E-state index in [1.807, 2.05) is 12.1 Å². The Hall–Kier alpha value is 0.179. The van der Waals surface area contributed by atoms with E-state index in [0.29, 0.717) is 5.02 Å². The fourth-order valence-electron chi connectivity index (χ4n) is 1.11. The molecule has 0 aliphatic heterocycles. The molecule has 0 unspecified atom stereocenters. The van der Waals surface area contributed by atoms with Crippen LogP contribution in [0.4, 0.5) is 0 Å². The summed E-state index contributed by atoms with van der Waals surface area (Å²) in [6.07, 6.45) is 0. The Morgan fingerprint density at radius 3 is 2.71 bits per heavy atom. The molecule has 2 aromatic rings. The molecule has 0 bridgehead atoms. The number of benzene rings is 1. The number of rotatable bonds is 1. The molecule has 0 amide bonds. The van der Waals surface area contributed by atoms with Crippen molar-refractivity contribution >= 4 is 66.0 Å². The van der Waals surface area contributed by atoms with E-state index in [0.717, 1.165) is 15.5 Å². The van der Waals surface area contributed by atoms with Crippen molar-refractivity contribution in [3.63, 3.8) is 0 Å². The first kappa shape index (κ1) is 10.7. The molecule has 2 nitrogen and oxygen atoms in total. The molecule has 1 radical (unpaired) electrons. The molecule has 0 saturated carbocycles. The maximum atomic E-state index is 5.90. The Labute approximate surface area is 104 Å². The average Bonchev–Trinajstić information content (AvgIpc) is 2.17. The van der Waals surface area contributed by atoms with Gasteiger partial charge in [-0.05, 0) is 0 Å². The molecule has 2 rings (SSSR count). The van der Waals surface area contributed by atoms with Gasteiger partial charge in [0.25, 0.3) is 0 Å². The van der Waals surface area contributed by atoms with Crippen molar-refractivity contribution < 1.29 is 0 Å². The standard InChI is InChI=1S/C8H3Cl2N2Se2/c9-4-1-2-6-5(3-4)7(14-13)12-8(10)11-6/h1-3H. The average molecular weight is 356 g/mol. The van der Waals surface area contributed by atoms with E-state index >= 15 is 0 Å². The normalized spacial score (nSPS) is 10.8. The first-order valence-electron chi connectivity index (χ1n) is 3.63. The molecule has 0 N–H and O–H groups in total. The molecular formula is C8H3Cl2N2Se2. The molecule has 0 fully saturated rings. The van der Waals surface area contributed by atoms with Crippen LogP contribution in [0.5, 0.6) is 0 Å². The SMILES string of the molecule is Clc1ccc2nc(Cl)nc([Se][Se])c2c1. The zero-order valence-corrected chi connectivity index (χ0v) is 11.6. The van der Waals surface area contributed by atoms with Gasteiger partial charge in [-0.1, -0.05) is 0 Å². The van der Waals surface area contributed by atoms with Gasteiger partial charge in [0, 0.05) is 0 Å². The van der Waals surface area contributed by atoms with Gasteiger partial charge in [-0.2, -0.15) is 0 Å². The van der Waals surface area contributed by atoms with Crippen molar-refractivity contribution in [1.29, 1.82) is 0 Å². The Kier molecular flexibility index (Phi) is 3.33. The third-order valence-electron chi connectivity index (χ3n) is 1.67. The maximum absolute atomic E-state index is 5.90. The molecule has 0 spiro atoms. The fourth-order valence-corrected chi connectivity index (χ4v) is 3.75. The minimum atomic E-state index is 0.162. The van der Waals surface area contributed by atoms with Crippen molar-refractivity contribution in [1.82, 2.24) is 9.97 Å². The van der Waals surface area contributed by atoms with Crippen LogP contribution in [0.1, 0.15) is 0 Å².